The first-order valence-electron chi connectivity index (χ1n) is 5.93. The van der Waals surface area contributed by atoms with Gasteiger partial charge in [0.2, 0.25) is 0 Å². The van der Waals surface area contributed by atoms with Gasteiger partial charge in [-0.1, -0.05) is 52.6 Å². The summed E-state index contributed by atoms with van der Waals surface area (Å²) in [4.78, 5) is 10.3. The molecule has 0 aromatic heterocycles. The minimum absolute atomic E-state index is 0.0392. The van der Waals surface area contributed by atoms with E-state index in [1.165, 1.54) is 6.04 Å². The third-order valence-corrected chi connectivity index (χ3v) is 3.26. The van der Waals surface area contributed by atoms with E-state index in [0.29, 0.717) is 5.57 Å². The maximum Gasteiger partial charge on any atom is 0.330 e. The first-order valence-corrected chi connectivity index (χ1v) is 9.63. The Labute approximate surface area is 107 Å². The molecule has 0 saturated carbocycles. The molecule has 0 aliphatic carbocycles. The molecule has 0 atom stereocenters. The molecule has 1 N–H and O–H groups in total. The molecule has 0 aromatic rings. The Morgan fingerprint density at radius 1 is 1.29 bits per heavy atom. The van der Waals surface area contributed by atoms with E-state index in [1.807, 2.05) is 26.8 Å². The lowest BCUT2D eigenvalue weighted by molar-refractivity contribution is -0.132. The van der Waals surface area contributed by atoms with Crippen molar-refractivity contribution in [3.63, 3.8) is 0 Å². The van der Waals surface area contributed by atoms with Gasteiger partial charge in [0, 0.05) is 13.6 Å². The highest BCUT2D eigenvalue weighted by Gasteiger charge is 2.09. The molecule has 0 unspecified atom stereocenters. The van der Waals surface area contributed by atoms with Gasteiger partial charge in [-0.25, -0.2) is 4.79 Å². The highest BCUT2D eigenvalue weighted by Crippen LogP contribution is 2.17. The molecule has 0 spiro atoms. The molecule has 0 saturated heterocycles. The first kappa shape index (κ1) is 18.5. The number of carboxylic acid groups (broad SMARTS) is 1. The molecule has 2 nitrogen and oxygen atoms in total. The van der Waals surface area contributed by atoms with E-state index in [0.717, 1.165) is 0 Å². The maximum atomic E-state index is 10.3. The van der Waals surface area contributed by atoms with Gasteiger partial charge in [0.25, 0.3) is 0 Å². The van der Waals surface area contributed by atoms with Gasteiger partial charge < -0.3 is 5.11 Å². The fraction of sp³-hybridized carbons (Fsp3) is 0.643. The Morgan fingerprint density at radius 3 is 1.76 bits per heavy atom. The molecule has 0 aliphatic heterocycles. The Kier molecular flexibility index (Phi) is 8.16. The quantitative estimate of drug-likeness (QED) is 0.456. The Morgan fingerprint density at radius 2 is 1.71 bits per heavy atom. The predicted molar refractivity (Wildman–Crippen MR) is 79.2 cm³/mol. The van der Waals surface area contributed by atoms with Crippen LogP contribution in [0, 0.1) is 5.41 Å². The summed E-state index contributed by atoms with van der Waals surface area (Å²) in [6.45, 7) is 18.2. The number of aliphatic carboxylic acids is 1. The molecule has 0 heterocycles. The van der Waals surface area contributed by atoms with Crippen LogP contribution in [0.4, 0.5) is 0 Å². The van der Waals surface area contributed by atoms with E-state index < -0.39 is 14.0 Å². The van der Waals surface area contributed by atoms with Crippen LogP contribution >= 0.6 is 0 Å². The normalized spacial score (nSPS) is 12.5. The van der Waals surface area contributed by atoms with Crippen molar-refractivity contribution in [1.82, 2.24) is 0 Å². The summed E-state index contributed by atoms with van der Waals surface area (Å²) < 4.78 is 0. The monoisotopic (exact) mass is 256 g/mol. The zero-order valence-electron chi connectivity index (χ0n) is 12.4. The molecular weight excluding hydrogens is 228 g/mol. The first-order chi connectivity index (χ1) is 7.39. The van der Waals surface area contributed by atoms with Crippen LogP contribution in [0.25, 0.3) is 0 Å². The zero-order chi connectivity index (χ0) is 14.3. The van der Waals surface area contributed by atoms with E-state index in [9.17, 15) is 4.79 Å². The van der Waals surface area contributed by atoms with Crippen LogP contribution in [0.1, 0.15) is 27.7 Å². The van der Waals surface area contributed by atoms with Gasteiger partial charge in [-0.15, -0.1) is 6.58 Å². The molecule has 3 heteroatoms. The maximum absolute atomic E-state index is 10.3. The summed E-state index contributed by atoms with van der Waals surface area (Å²) in [5, 5.41) is 8.48. The van der Waals surface area contributed by atoms with Crippen LogP contribution in [0.5, 0.6) is 0 Å². The molecule has 0 aliphatic rings. The van der Waals surface area contributed by atoms with Crippen molar-refractivity contribution in [3.05, 3.63) is 24.3 Å². The number of carboxylic acids is 1. The highest BCUT2D eigenvalue weighted by molar-refractivity contribution is 6.76. The minimum Gasteiger partial charge on any atom is -0.478 e. The second-order valence-corrected chi connectivity index (χ2v) is 12.1. The van der Waals surface area contributed by atoms with Gasteiger partial charge in [-0.3, -0.25) is 0 Å². The van der Waals surface area contributed by atoms with Gasteiger partial charge in [0.15, 0.2) is 0 Å². The van der Waals surface area contributed by atoms with Crippen LogP contribution in [-0.2, 0) is 4.79 Å². The smallest absolute Gasteiger partial charge is 0.330 e. The number of hydrogen-bond donors (Lipinski definition) is 1. The summed E-state index contributed by atoms with van der Waals surface area (Å²) >= 11 is 0. The van der Waals surface area contributed by atoms with Crippen molar-refractivity contribution in [3.8, 4) is 0 Å². The Bertz CT molecular complexity index is 278. The van der Waals surface area contributed by atoms with Gasteiger partial charge in [-0.2, -0.15) is 0 Å². The van der Waals surface area contributed by atoms with Crippen LogP contribution in [0.2, 0.25) is 25.7 Å². The van der Waals surface area contributed by atoms with E-state index in [4.69, 9.17) is 5.11 Å². The summed E-state index contributed by atoms with van der Waals surface area (Å²) in [7, 11) is -0.775. The van der Waals surface area contributed by atoms with Crippen molar-refractivity contribution >= 4 is 14.0 Å². The number of allylic oxidation sites excluding steroid dienone is 2. The van der Waals surface area contributed by atoms with Crippen LogP contribution < -0.4 is 0 Å². The van der Waals surface area contributed by atoms with Gasteiger partial charge in [0.05, 0.1) is 0 Å². The third-order valence-electron chi connectivity index (χ3n) is 1.74. The largest absolute Gasteiger partial charge is 0.478 e. The van der Waals surface area contributed by atoms with Crippen molar-refractivity contribution in [2.24, 2.45) is 5.41 Å². The molecule has 0 radical (unpaired) electrons. The van der Waals surface area contributed by atoms with Gasteiger partial charge in [0.1, 0.15) is 0 Å². The second-order valence-electron chi connectivity index (χ2n) is 6.55. The molecule has 0 rings (SSSR count). The predicted octanol–water partition coefficient (Wildman–Crippen LogP) is 4.57. The number of hydrogen-bond acceptors (Lipinski definition) is 1. The molecule has 0 amide bonds. The average Bonchev–Trinajstić information content (AvgIpc) is 1.98. The molecule has 17 heavy (non-hydrogen) atoms. The standard InChI is InChI=1S/C8H14O2.C6H14Si/c1-6(7(9)10)5-8(2,3)4;1-5-6-7(2,3)4/h5H,1-4H3,(H,9,10);5H,1,6H2,2-4H3. The highest BCUT2D eigenvalue weighted by atomic mass is 28.3. The molecule has 100 valence electrons. The second kappa shape index (κ2) is 7.48. The van der Waals surface area contributed by atoms with Crippen molar-refractivity contribution in [1.29, 1.82) is 0 Å². The topological polar surface area (TPSA) is 37.3 Å². The van der Waals surface area contributed by atoms with Gasteiger partial charge in [-0.05, 0) is 18.4 Å². The van der Waals surface area contributed by atoms with E-state index >= 15 is 0 Å². The lowest BCUT2D eigenvalue weighted by Gasteiger charge is -2.11. The third kappa shape index (κ3) is 17.8. The lowest BCUT2D eigenvalue weighted by atomic mass is 9.94. The van der Waals surface area contributed by atoms with Gasteiger partial charge >= 0.3 is 5.97 Å². The summed E-state index contributed by atoms with van der Waals surface area (Å²) in [5.74, 6) is -0.838. The number of rotatable bonds is 3. The van der Waals surface area contributed by atoms with Crippen molar-refractivity contribution < 1.29 is 9.90 Å². The lowest BCUT2D eigenvalue weighted by Crippen LogP contribution is -2.16. The van der Waals surface area contributed by atoms with E-state index in [-0.39, 0.29) is 5.41 Å². The fourth-order valence-electron chi connectivity index (χ4n) is 1.14. The van der Waals surface area contributed by atoms with Crippen molar-refractivity contribution in [2.75, 3.05) is 0 Å². The van der Waals surface area contributed by atoms with E-state index in [2.05, 4.69) is 26.2 Å². The minimum atomic E-state index is -0.838. The molecule has 0 bridgehead atoms. The SMILES string of the molecule is C=CC[Si](C)(C)C.CC(=CC(C)(C)C)C(=O)O. The summed E-state index contributed by atoms with van der Waals surface area (Å²) in [6.07, 6.45) is 3.77. The fourth-order valence-corrected chi connectivity index (χ4v) is 2.01. The zero-order valence-corrected chi connectivity index (χ0v) is 13.4. The molecule has 0 fully saturated rings. The summed E-state index contributed by atoms with van der Waals surface area (Å²) in [5.41, 5.74) is 0.371. The summed E-state index contributed by atoms with van der Waals surface area (Å²) in [6, 6.07) is 1.24. The molecule has 0 aromatic carbocycles. The Balaban J connectivity index is 0. The van der Waals surface area contributed by atoms with Crippen LogP contribution in [0.15, 0.2) is 24.3 Å². The van der Waals surface area contributed by atoms with E-state index in [1.54, 1.807) is 13.0 Å². The van der Waals surface area contributed by atoms with Crippen LogP contribution in [-0.4, -0.2) is 19.1 Å². The number of carbonyl (C=O) groups is 1. The van der Waals surface area contributed by atoms with Crippen molar-refractivity contribution in [2.45, 2.75) is 53.4 Å². The Hall–Kier alpha value is -0.833. The van der Waals surface area contributed by atoms with Crippen LogP contribution in [0.3, 0.4) is 0 Å². The average molecular weight is 256 g/mol. The molecular formula is C14H28O2Si.